The summed E-state index contributed by atoms with van der Waals surface area (Å²) in [6.45, 7) is 3.24. The summed E-state index contributed by atoms with van der Waals surface area (Å²) < 4.78 is 2.39. The number of nitrogens with zero attached hydrogens (tertiary/aromatic N) is 3. The zero-order valence-electron chi connectivity index (χ0n) is 11.9. The van der Waals surface area contributed by atoms with E-state index in [1.807, 2.05) is 0 Å². The van der Waals surface area contributed by atoms with E-state index >= 15 is 0 Å². The molecule has 5 rings (SSSR count). The monoisotopic (exact) mass is 277 g/mol. The van der Waals surface area contributed by atoms with E-state index in [9.17, 15) is 0 Å². The van der Waals surface area contributed by atoms with E-state index in [2.05, 4.69) is 27.9 Å². The third-order valence-electron chi connectivity index (χ3n) is 5.73. The van der Waals surface area contributed by atoms with E-state index in [0.717, 1.165) is 29.5 Å². The molecule has 4 fully saturated rings. The standard InChI is InChI=1S/C15H23N3S/c1-3-18-13(16-17-14(18)19-2)15-7-10-4-11(8-15)6-12(5-10)9-15/h10-12H,3-9H2,1-2H3. The quantitative estimate of drug-likeness (QED) is 0.792. The molecule has 3 nitrogen and oxygen atoms in total. The molecule has 4 bridgehead atoms. The van der Waals surface area contributed by atoms with Crippen LogP contribution < -0.4 is 0 Å². The number of rotatable bonds is 3. The Morgan fingerprint density at radius 3 is 2.16 bits per heavy atom. The molecule has 19 heavy (non-hydrogen) atoms. The summed E-state index contributed by atoms with van der Waals surface area (Å²) in [5, 5.41) is 10.2. The Morgan fingerprint density at radius 1 is 1.11 bits per heavy atom. The Morgan fingerprint density at radius 2 is 1.68 bits per heavy atom. The zero-order chi connectivity index (χ0) is 13.0. The maximum absolute atomic E-state index is 4.64. The summed E-state index contributed by atoms with van der Waals surface area (Å²) in [5.41, 5.74) is 0.381. The predicted molar refractivity (Wildman–Crippen MR) is 77.3 cm³/mol. The maximum atomic E-state index is 4.64. The zero-order valence-corrected chi connectivity index (χ0v) is 12.7. The van der Waals surface area contributed by atoms with Crippen LogP contribution in [0.25, 0.3) is 0 Å². The summed E-state index contributed by atoms with van der Waals surface area (Å²) in [5.74, 6) is 4.25. The molecule has 0 unspecified atom stereocenters. The first-order chi connectivity index (χ1) is 9.24. The van der Waals surface area contributed by atoms with Crippen molar-refractivity contribution in [1.29, 1.82) is 0 Å². The molecule has 104 valence electrons. The van der Waals surface area contributed by atoms with Gasteiger partial charge in [-0.3, -0.25) is 0 Å². The second-order valence-electron chi connectivity index (χ2n) is 6.95. The largest absolute Gasteiger partial charge is 0.306 e. The van der Waals surface area contributed by atoms with Crippen LogP contribution in [0.15, 0.2) is 5.16 Å². The lowest BCUT2D eigenvalue weighted by atomic mass is 9.49. The summed E-state index contributed by atoms with van der Waals surface area (Å²) >= 11 is 1.73. The molecule has 0 radical (unpaired) electrons. The predicted octanol–water partition coefficient (Wildman–Crippen LogP) is 3.49. The molecule has 4 aliphatic carbocycles. The molecule has 0 atom stereocenters. The molecule has 4 aliphatic rings. The molecule has 4 saturated carbocycles. The van der Waals surface area contributed by atoms with Gasteiger partial charge in [-0.05, 0) is 69.5 Å². The fraction of sp³-hybridized carbons (Fsp3) is 0.867. The Bertz CT molecular complexity index is 458. The van der Waals surface area contributed by atoms with Crippen LogP contribution in [0.5, 0.6) is 0 Å². The number of thioether (sulfide) groups is 1. The molecule has 0 amide bonds. The van der Waals surface area contributed by atoms with Crippen molar-refractivity contribution < 1.29 is 0 Å². The van der Waals surface area contributed by atoms with Crippen LogP contribution in [0.4, 0.5) is 0 Å². The highest BCUT2D eigenvalue weighted by Crippen LogP contribution is 2.60. The molecule has 1 aromatic heterocycles. The van der Waals surface area contributed by atoms with Crippen molar-refractivity contribution in [2.45, 2.75) is 62.6 Å². The van der Waals surface area contributed by atoms with Crippen LogP contribution in [0, 0.1) is 17.8 Å². The van der Waals surface area contributed by atoms with Gasteiger partial charge in [0.05, 0.1) is 0 Å². The Labute approximate surface area is 119 Å². The Hall–Kier alpha value is -0.510. The van der Waals surface area contributed by atoms with Crippen LogP contribution in [-0.2, 0) is 12.0 Å². The van der Waals surface area contributed by atoms with Gasteiger partial charge in [0, 0.05) is 12.0 Å². The van der Waals surface area contributed by atoms with Crippen LogP contribution in [0.3, 0.4) is 0 Å². The molecule has 0 saturated heterocycles. The maximum Gasteiger partial charge on any atom is 0.190 e. The van der Waals surface area contributed by atoms with Gasteiger partial charge in [0.1, 0.15) is 5.82 Å². The Balaban J connectivity index is 1.77. The van der Waals surface area contributed by atoms with E-state index in [4.69, 9.17) is 0 Å². The molecule has 0 aliphatic heterocycles. The fourth-order valence-corrected chi connectivity index (χ4v) is 6.06. The number of hydrogen-bond acceptors (Lipinski definition) is 3. The second-order valence-corrected chi connectivity index (χ2v) is 7.73. The number of aromatic nitrogens is 3. The highest BCUT2D eigenvalue weighted by atomic mass is 32.2. The van der Waals surface area contributed by atoms with Gasteiger partial charge in [-0.15, -0.1) is 10.2 Å². The molecule has 0 aromatic carbocycles. The second kappa shape index (κ2) is 4.24. The summed E-state index contributed by atoms with van der Waals surface area (Å²) in [4.78, 5) is 0. The third kappa shape index (κ3) is 1.71. The van der Waals surface area contributed by atoms with Crippen molar-refractivity contribution in [1.82, 2.24) is 14.8 Å². The molecule has 0 N–H and O–H groups in total. The van der Waals surface area contributed by atoms with Crippen molar-refractivity contribution in [2.24, 2.45) is 17.8 Å². The van der Waals surface area contributed by atoms with E-state index in [-0.39, 0.29) is 0 Å². The molecule has 1 heterocycles. The fourth-order valence-electron chi connectivity index (χ4n) is 5.50. The summed E-state index contributed by atoms with van der Waals surface area (Å²) in [6.07, 6.45) is 10.7. The summed E-state index contributed by atoms with van der Waals surface area (Å²) in [7, 11) is 0. The van der Waals surface area contributed by atoms with Gasteiger partial charge in [0.25, 0.3) is 0 Å². The third-order valence-corrected chi connectivity index (χ3v) is 6.40. The average Bonchev–Trinajstić information content (AvgIpc) is 2.80. The molecular weight excluding hydrogens is 254 g/mol. The Kier molecular flexibility index (Phi) is 2.73. The lowest BCUT2D eigenvalue weighted by molar-refractivity contribution is -0.0113. The van der Waals surface area contributed by atoms with E-state index in [1.54, 1.807) is 11.8 Å². The molecule has 1 aromatic rings. The first-order valence-electron chi connectivity index (χ1n) is 7.72. The van der Waals surface area contributed by atoms with Crippen LogP contribution >= 0.6 is 11.8 Å². The SMILES string of the molecule is CCn1c(SC)nnc1C12CC3CC(CC(C3)C1)C2. The van der Waals surface area contributed by atoms with Crippen molar-refractivity contribution in [2.75, 3.05) is 6.26 Å². The first-order valence-corrected chi connectivity index (χ1v) is 8.94. The lowest BCUT2D eigenvalue weighted by Gasteiger charge is -2.56. The van der Waals surface area contributed by atoms with E-state index in [1.165, 1.54) is 44.3 Å². The minimum atomic E-state index is 0.381. The van der Waals surface area contributed by atoms with Crippen molar-refractivity contribution in [3.05, 3.63) is 5.82 Å². The minimum absolute atomic E-state index is 0.381. The topological polar surface area (TPSA) is 30.7 Å². The highest BCUT2D eigenvalue weighted by Gasteiger charge is 2.53. The highest BCUT2D eigenvalue weighted by molar-refractivity contribution is 7.98. The average molecular weight is 277 g/mol. The van der Waals surface area contributed by atoms with Gasteiger partial charge in [0.2, 0.25) is 0 Å². The smallest absolute Gasteiger partial charge is 0.190 e. The van der Waals surface area contributed by atoms with Gasteiger partial charge in [0.15, 0.2) is 5.16 Å². The van der Waals surface area contributed by atoms with E-state index < -0.39 is 0 Å². The van der Waals surface area contributed by atoms with Gasteiger partial charge in [-0.1, -0.05) is 11.8 Å². The van der Waals surface area contributed by atoms with Crippen molar-refractivity contribution in [3.63, 3.8) is 0 Å². The van der Waals surface area contributed by atoms with Crippen LogP contribution in [0.1, 0.15) is 51.3 Å². The first kappa shape index (κ1) is 12.2. The van der Waals surface area contributed by atoms with Crippen molar-refractivity contribution in [3.8, 4) is 0 Å². The minimum Gasteiger partial charge on any atom is -0.306 e. The molecule has 4 heteroatoms. The van der Waals surface area contributed by atoms with Gasteiger partial charge < -0.3 is 4.57 Å². The molecule has 0 spiro atoms. The van der Waals surface area contributed by atoms with Gasteiger partial charge in [-0.25, -0.2) is 0 Å². The van der Waals surface area contributed by atoms with Crippen LogP contribution in [-0.4, -0.2) is 21.0 Å². The van der Waals surface area contributed by atoms with Crippen molar-refractivity contribution >= 4 is 11.8 Å². The normalized spacial score (nSPS) is 40.0. The number of hydrogen-bond donors (Lipinski definition) is 0. The lowest BCUT2D eigenvalue weighted by Crippen LogP contribution is -2.49. The van der Waals surface area contributed by atoms with Gasteiger partial charge in [-0.2, -0.15) is 0 Å². The van der Waals surface area contributed by atoms with E-state index in [0.29, 0.717) is 5.41 Å². The summed E-state index contributed by atoms with van der Waals surface area (Å²) in [6, 6.07) is 0. The van der Waals surface area contributed by atoms with Gasteiger partial charge >= 0.3 is 0 Å². The van der Waals surface area contributed by atoms with Crippen LogP contribution in [0.2, 0.25) is 0 Å². The molecular formula is C15H23N3S.